The van der Waals surface area contributed by atoms with Crippen molar-refractivity contribution >= 4 is 5.78 Å². The average molecular weight is 149 g/mol. The fourth-order valence-electron chi connectivity index (χ4n) is 1.73. The monoisotopic (exact) mass is 149 g/mol. The van der Waals surface area contributed by atoms with Crippen LogP contribution in [0, 0.1) is 0 Å². The second-order valence-electron chi connectivity index (χ2n) is 3.17. The van der Waals surface area contributed by atoms with Crippen LogP contribution in [0.1, 0.15) is 19.3 Å². The van der Waals surface area contributed by atoms with Crippen LogP contribution in [0.2, 0.25) is 0 Å². The SMILES string of the molecule is NC1C=CC2=C(CCC2=O)C1. The molecule has 0 aromatic carbocycles. The predicted molar refractivity (Wildman–Crippen MR) is 43.0 cm³/mol. The molecule has 2 aliphatic carbocycles. The molecular weight excluding hydrogens is 138 g/mol. The zero-order valence-corrected chi connectivity index (χ0v) is 6.34. The Labute approximate surface area is 65.8 Å². The molecule has 0 fully saturated rings. The zero-order chi connectivity index (χ0) is 7.84. The Morgan fingerprint density at radius 3 is 3.09 bits per heavy atom. The molecule has 2 aliphatic rings. The quantitative estimate of drug-likeness (QED) is 0.557. The second kappa shape index (κ2) is 2.31. The molecule has 58 valence electrons. The first-order valence-electron chi connectivity index (χ1n) is 3.96. The summed E-state index contributed by atoms with van der Waals surface area (Å²) in [6.07, 6.45) is 6.33. The van der Waals surface area contributed by atoms with Crippen molar-refractivity contribution in [3.8, 4) is 0 Å². The van der Waals surface area contributed by atoms with Crippen molar-refractivity contribution in [3.63, 3.8) is 0 Å². The van der Waals surface area contributed by atoms with Crippen LogP contribution in [0.3, 0.4) is 0 Å². The third-order valence-electron chi connectivity index (χ3n) is 2.33. The number of hydrogen-bond acceptors (Lipinski definition) is 2. The van der Waals surface area contributed by atoms with Gasteiger partial charge in [0.2, 0.25) is 0 Å². The number of allylic oxidation sites excluding steroid dienone is 2. The maximum absolute atomic E-state index is 11.2. The van der Waals surface area contributed by atoms with E-state index in [1.165, 1.54) is 5.57 Å². The highest BCUT2D eigenvalue weighted by atomic mass is 16.1. The van der Waals surface area contributed by atoms with Crippen LogP contribution in [0.4, 0.5) is 0 Å². The van der Waals surface area contributed by atoms with Gasteiger partial charge in [0.25, 0.3) is 0 Å². The largest absolute Gasteiger partial charge is 0.324 e. The van der Waals surface area contributed by atoms with Crippen molar-refractivity contribution in [2.75, 3.05) is 0 Å². The highest BCUT2D eigenvalue weighted by Gasteiger charge is 2.24. The summed E-state index contributed by atoms with van der Waals surface area (Å²) in [7, 11) is 0. The van der Waals surface area contributed by atoms with Crippen LogP contribution in [-0.2, 0) is 4.79 Å². The second-order valence-corrected chi connectivity index (χ2v) is 3.17. The summed E-state index contributed by atoms with van der Waals surface area (Å²) < 4.78 is 0. The molecule has 0 bridgehead atoms. The van der Waals surface area contributed by atoms with E-state index in [9.17, 15) is 4.79 Å². The zero-order valence-electron chi connectivity index (χ0n) is 6.34. The summed E-state index contributed by atoms with van der Waals surface area (Å²) in [5.41, 5.74) is 7.91. The minimum absolute atomic E-state index is 0.139. The molecule has 0 aromatic heterocycles. The third kappa shape index (κ3) is 1.03. The van der Waals surface area contributed by atoms with Gasteiger partial charge in [-0.3, -0.25) is 4.79 Å². The van der Waals surface area contributed by atoms with Crippen molar-refractivity contribution in [1.29, 1.82) is 0 Å². The van der Waals surface area contributed by atoms with Crippen LogP contribution in [0.15, 0.2) is 23.3 Å². The van der Waals surface area contributed by atoms with E-state index in [0.717, 1.165) is 18.4 Å². The number of carbonyl (C=O) groups excluding carboxylic acids is 1. The fraction of sp³-hybridized carbons (Fsp3) is 0.444. The normalized spacial score (nSPS) is 29.5. The Morgan fingerprint density at radius 2 is 2.27 bits per heavy atom. The number of ketones is 1. The van der Waals surface area contributed by atoms with Crippen molar-refractivity contribution in [2.45, 2.75) is 25.3 Å². The summed E-state index contributed by atoms with van der Waals surface area (Å²) in [5.74, 6) is 0.295. The first kappa shape index (κ1) is 6.80. The molecule has 0 heterocycles. The molecule has 2 rings (SSSR count). The van der Waals surface area contributed by atoms with Gasteiger partial charge in [-0.1, -0.05) is 17.7 Å². The maximum atomic E-state index is 11.2. The van der Waals surface area contributed by atoms with E-state index in [1.807, 2.05) is 12.2 Å². The predicted octanol–water partition coefficient (Wildman–Crippen LogP) is 0.933. The number of Topliss-reactive ketones (excluding diaryl/α,β-unsaturated/α-hetero) is 1. The van der Waals surface area contributed by atoms with Gasteiger partial charge in [0.15, 0.2) is 5.78 Å². The van der Waals surface area contributed by atoms with Crippen molar-refractivity contribution in [3.05, 3.63) is 23.3 Å². The van der Waals surface area contributed by atoms with Crippen molar-refractivity contribution in [2.24, 2.45) is 5.73 Å². The minimum Gasteiger partial charge on any atom is -0.324 e. The number of rotatable bonds is 0. The third-order valence-corrected chi connectivity index (χ3v) is 2.33. The lowest BCUT2D eigenvalue weighted by atomic mass is 9.97. The van der Waals surface area contributed by atoms with Crippen LogP contribution < -0.4 is 5.73 Å². The molecule has 1 atom stereocenters. The van der Waals surface area contributed by atoms with E-state index >= 15 is 0 Å². The summed E-state index contributed by atoms with van der Waals surface area (Å²) in [6, 6.07) is 0.139. The van der Waals surface area contributed by atoms with Gasteiger partial charge in [-0.05, 0) is 12.8 Å². The Morgan fingerprint density at radius 1 is 1.45 bits per heavy atom. The van der Waals surface area contributed by atoms with Crippen LogP contribution in [-0.4, -0.2) is 11.8 Å². The molecule has 2 nitrogen and oxygen atoms in total. The molecule has 1 unspecified atom stereocenters. The molecule has 11 heavy (non-hydrogen) atoms. The summed E-state index contributed by atoms with van der Waals surface area (Å²) in [6.45, 7) is 0. The Kier molecular flexibility index (Phi) is 1.43. The van der Waals surface area contributed by atoms with Gasteiger partial charge in [-0.15, -0.1) is 0 Å². The van der Waals surface area contributed by atoms with E-state index in [-0.39, 0.29) is 6.04 Å². The Hall–Kier alpha value is -0.890. The van der Waals surface area contributed by atoms with E-state index < -0.39 is 0 Å². The van der Waals surface area contributed by atoms with Gasteiger partial charge in [0.05, 0.1) is 0 Å². The summed E-state index contributed by atoms with van der Waals surface area (Å²) in [4.78, 5) is 11.2. The molecule has 0 aliphatic heterocycles. The maximum Gasteiger partial charge on any atom is 0.163 e. The smallest absolute Gasteiger partial charge is 0.163 e. The lowest BCUT2D eigenvalue weighted by Gasteiger charge is -2.12. The lowest BCUT2D eigenvalue weighted by molar-refractivity contribution is -0.114. The highest BCUT2D eigenvalue weighted by Crippen LogP contribution is 2.30. The summed E-state index contributed by atoms with van der Waals surface area (Å²) in [5, 5.41) is 0. The lowest BCUT2D eigenvalue weighted by Crippen LogP contribution is -2.19. The first-order valence-corrected chi connectivity index (χ1v) is 3.96. The Bertz CT molecular complexity index is 263. The molecular formula is C9H11NO. The van der Waals surface area contributed by atoms with E-state index in [1.54, 1.807) is 0 Å². The number of carbonyl (C=O) groups is 1. The molecule has 0 amide bonds. The molecule has 0 aromatic rings. The molecule has 2 N–H and O–H groups in total. The van der Waals surface area contributed by atoms with E-state index in [2.05, 4.69) is 0 Å². The van der Waals surface area contributed by atoms with Crippen molar-refractivity contribution in [1.82, 2.24) is 0 Å². The van der Waals surface area contributed by atoms with Crippen molar-refractivity contribution < 1.29 is 4.79 Å². The molecule has 0 saturated carbocycles. The minimum atomic E-state index is 0.139. The van der Waals surface area contributed by atoms with Crippen LogP contribution >= 0.6 is 0 Å². The Balaban J connectivity index is 2.32. The molecule has 0 spiro atoms. The number of hydrogen-bond donors (Lipinski definition) is 1. The van der Waals surface area contributed by atoms with Gasteiger partial charge in [-0.2, -0.15) is 0 Å². The highest BCUT2D eigenvalue weighted by molar-refractivity contribution is 6.01. The van der Waals surface area contributed by atoms with Crippen LogP contribution in [0.25, 0.3) is 0 Å². The number of nitrogens with two attached hydrogens (primary N) is 1. The average Bonchev–Trinajstić information content (AvgIpc) is 2.32. The van der Waals surface area contributed by atoms with Gasteiger partial charge < -0.3 is 5.73 Å². The van der Waals surface area contributed by atoms with E-state index in [0.29, 0.717) is 12.2 Å². The fourth-order valence-corrected chi connectivity index (χ4v) is 1.73. The van der Waals surface area contributed by atoms with Gasteiger partial charge in [0, 0.05) is 18.0 Å². The molecule has 0 saturated heterocycles. The van der Waals surface area contributed by atoms with E-state index in [4.69, 9.17) is 5.73 Å². The topological polar surface area (TPSA) is 43.1 Å². The standard InChI is InChI=1S/C9H11NO/c10-7-2-3-8-6(5-7)1-4-9(8)11/h2-3,7H,1,4-5,10H2. The first-order chi connectivity index (χ1) is 5.27. The van der Waals surface area contributed by atoms with Gasteiger partial charge >= 0.3 is 0 Å². The van der Waals surface area contributed by atoms with Gasteiger partial charge in [0.1, 0.15) is 0 Å². The van der Waals surface area contributed by atoms with Crippen LogP contribution in [0.5, 0.6) is 0 Å². The van der Waals surface area contributed by atoms with Gasteiger partial charge in [-0.25, -0.2) is 0 Å². The molecule has 2 heteroatoms. The summed E-state index contributed by atoms with van der Waals surface area (Å²) >= 11 is 0. The molecule has 0 radical (unpaired) electrons.